The quantitative estimate of drug-likeness (QED) is 0.0204. The maximum absolute atomic E-state index is 13.2. The second kappa shape index (κ2) is 51.7. The van der Waals surface area contributed by atoms with Crippen molar-refractivity contribution in [2.24, 2.45) is 0 Å². The number of rotatable bonds is 46. The summed E-state index contributed by atoms with van der Waals surface area (Å²) in [5.74, 6) is -0.287. The highest BCUT2D eigenvalue weighted by atomic mass is 16.7. The van der Waals surface area contributed by atoms with Gasteiger partial charge < -0.3 is 65.1 Å². The molecule has 83 heavy (non-hydrogen) atoms. The molecule has 466 valence electrons. The highest BCUT2D eigenvalue weighted by Crippen LogP contribution is 2.30. The number of aliphatic hydroxyl groups is 8. The van der Waals surface area contributed by atoms with Crippen LogP contribution in [0.3, 0.4) is 0 Å². The van der Waals surface area contributed by atoms with Crippen LogP contribution in [0, 0.1) is 0 Å². The average molecular weight is 1160 g/mol. The maximum Gasteiger partial charge on any atom is 0.220 e. The number of hydrogen-bond acceptors (Lipinski definition) is 13. The van der Waals surface area contributed by atoms with Gasteiger partial charge in [0.15, 0.2) is 12.6 Å². The Morgan fingerprint density at radius 1 is 0.446 bits per heavy atom. The van der Waals surface area contributed by atoms with Crippen LogP contribution in [0.25, 0.3) is 0 Å². The molecule has 2 fully saturated rings. The van der Waals surface area contributed by atoms with E-state index in [1.807, 2.05) is 6.08 Å². The van der Waals surface area contributed by atoms with E-state index in [2.05, 4.69) is 177 Å². The fraction of sp³-hybridized carbons (Fsp3) is 0.580. The molecule has 2 rings (SSSR count). The van der Waals surface area contributed by atoms with E-state index in [0.29, 0.717) is 12.8 Å². The predicted octanol–water partition coefficient (Wildman–Crippen LogP) is 11.3. The number of amides is 1. The first-order chi connectivity index (χ1) is 40.6. The first-order valence-corrected chi connectivity index (χ1v) is 30.9. The zero-order chi connectivity index (χ0) is 60.2. The summed E-state index contributed by atoms with van der Waals surface area (Å²) in [5, 5.41) is 86.6. The lowest BCUT2D eigenvalue weighted by atomic mass is 9.97. The summed E-state index contributed by atoms with van der Waals surface area (Å²) in [4.78, 5) is 13.2. The van der Waals surface area contributed by atoms with Crippen LogP contribution in [0.5, 0.6) is 0 Å². The third kappa shape index (κ3) is 36.7. The molecule has 0 bridgehead atoms. The highest BCUT2D eigenvalue weighted by Gasteiger charge is 2.51. The van der Waals surface area contributed by atoms with E-state index in [0.717, 1.165) is 128 Å². The Kier molecular flexibility index (Phi) is 46.4. The molecule has 2 saturated heterocycles. The minimum atomic E-state index is -1.80. The van der Waals surface area contributed by atoms with Gasteiger partial charge in [-0.15, -0.1) is 0 Å². The monoisotopic (exact) mass is 1160 g/mol. The summed E-state index contributed by atoms with van der Waals surface area (Å²) in [7, 11) is 0. The molecule has 2 aliphatic rings. The summed E-state index contributed by atoms with van der Waals surface area (Å²) in [6.07, 6.45) is 64.5. The van der Waals surface area contributed by atoms with Gasteiger partial charge in [-0.25, -0.2) is 0 Å². The van der Waals surface area contributed by atoms with Crippen LogP contribution >= 0.6 is 0 Å². The van der Waals surface area contributed by atoms with Crippen molar-refractivity contribution in [2.75, 3.05) is 19.8 Å². The summed E-state index contributed by atoms with van der Waals surface area (Å²) in [6.45, 7) is 2.52. The van der Waals surface area contributed by atoms with Crippen molar-refractivity contribution in [1.29, 1.82) is 0 Å². The van der Waals surface area contributed by atoms with Gasteiger partial charge in [0.1, 0.15) is 48.8 Å². The van der Waals surface area contributed by atoms with Gasteiger partial charge >= 0.3 is 0 Å². The summed E-state index contributed by atoms with van der Waals surface area (Å²) >= 11 is 0. The van der Waals surface area contributed by atoms with Gasteiger partial charge in [0, 0.05) is 6.42 Å². The molecule has 12 atom stereocenters. The Morgan fingerprint density at radius 2 is 0.843 bits per heavy atom. The number of carbonyl (C=O) groups is 1. The Labute approximate surface area is 498 Å². The topological polar surface area (TPSA) is 228 Å². The van der Waals surface area contributed by atoms with E-state index in [-0.39, 0.29) is 18.9 Å². The normalized spacial score (nSPS) is 25.0. The molecule has 0 spiro atoms. The largest absolute Gasteiger partial charge is 0.394 e. The third-order valence-corrected chi connectivity index (χ3v) is 13.6. The number of carbonyl (C=O) groups excluding carboxylic acids is 1. The minimum Gasteiger partial charge on any atom is -0.394 e. The molecule has 12 unspecified atom stereocenters. The Bertz CT molecular complexity index is 2040. The van der Waals surface area contributed by atoms with E-state index in [4.69, 9.17) is 18.9 Å². The molecule has 2 aliphatic heterocycles. The van der Waals surface area contributed by atoms with E-state index < -0.39 is 86.8 Å². The average Bonchev–Trinajstić information content (AvgIpc) is 3.45. The summed E-state index contributed by atoms with van der Waals surface area (Å²) < 4.78 is 22.6. The zero-order valence-electron chi connectivity index (χ0n) is 50.1. The Morgan fingerprint density at radius 3 is 1.31 bits per heavy atom. The van der Waals surface area contributed by atoms with Gasteiger partial charge in [-0.05, 0) is 116 Å². The highest BCUT2D eigenvalue weighted by molar-refractivity contribution is 5.76. The lowest BCUT2D eigenvalue weighted by molar-refractivity contribution is -0.359. The van der Waals surface area contributed by atoms with E-state index in [1.54, 1.807) is 6.08 Å². The lowest BCUT2D eigenvalue weighted by Crippen LogP contribution is -2.65. The van der Waals surface area contributed by atoms with Crippen LogP contribution in [0.2, 0.25) is 0 Å². The molecule has 0 saturated carbocycles. The van der Waals surface area contributed by atoms with Crippen molar-refractivity contribution in [3.05, 3.63) is 170 Å². The summed E-state index contributed by atoms with van der Waals surface area (Å²) in [5.41, 5.74) is 0. The van der Waals surface area contributed by atoms with Crippen molar-refractivity contribution in [2.45, 2.75) is 235 Å². The van der Waals surface area contributed by atoms with E-state index >= 15 is 0 Å². The van der Waals surface area contributed by atoms with Crippen molar-refractivity contribution >= 4 is 5.91 Å². The second-order valence-electron chi connectivity index (χ2n) is 20.7. The lowest BCUT2D eigenvalue weighted by Gasteiger charge is -2.46. The number of nitrogens with one attached hydrogen (secondary N) is 1. The summed E-state index contributed by atoms with van der Waals surface area (Å²) in [6, 6.07) is -0.955. The van der Waals surface area contributed by atoms with E-state index in [1.165, 1.54) is 0 Å². The van der Waals surface area contributed by atoms with Gasteiger partial charge in [0.25, 0.3) is 0 Å². The minimum absolute atomic E-state index is 0.231. The fourth-order valence-corrected chi connectivity index (χ4v) is 8.68. The SMILES string of the molecule is CC/C=C\C/C=C\C/C=C\C/C=C\C/C=C\C/C=C\C/C=C\C/C=C\C/C=C\C/C=C\C/C=C\C/C=C\CCCCCCC(=O)NC(COC1OC(CO)C(OC2OC(CO)C(O)C(O)C2O)C(O)C1O)C(O)/C=C/CC/C=C/CCCC. The van der Waals surface area contributed by atoms with Crippen molar-refractivity contribution in [3.8, 4) is 0 Å². The van der Waals surface area contributed by atoms with Crippen LogP contribution in [0.15, 0.2) is 170 Å². The van der Waals surface area contributed by atoms with Gasteiger partial charge in [-0.1, -0.05) is 210 Å². The first-order valence-electron chi connectivity index (χ1n) is 30.9. The maximum atomic E-state index is 13.2. The predicted molar refractivity (Wildman–Crippen MR) is 336 cm³/mol. The number of hydrogen-bond donors (Lipinski definition) is 9. The van der Waals surface area contributed by atoms with Crippen LogP contribution in [-0.2, 0) is 23.7 Å². The third-order valence-electron chi connectivity index (χ3n) is 13.6. The van der Waals surface area contributed by atoms with Crippen LogP contribution in [0.1, 0.15) is 162 Å². The smallest absolute Gasteiger partial charge is 0.220 e. The molecule has 0 aromatic carbocycles. The molecule has 2 heterocycles. The first kappa shape index (κ1) is 74.5. The molecular weight excluding hydrogens is 1050 g/mol. The fourth-order valence-electron chi connectivity index (χ4n) is 8.68. The van der Waals surface area contributed by atoms with Crippen molar-refractivity contribution in [3.63, 3.8) is 0 Å². The molecule has 1 amide bonds. The van der Waals surface area contributed by atoms with Crippen LogP contribution < -0.4 is 5.32 Å². The molecule has 9 N–H and O–H groups in total. The second-order valence-corrected chi connectivity index (χ2v) is 20.7. The Hall–Kier alpha value is -4.65. The zero-order valence-corrected chi connectivity index (χ0v) is 50.1. The standard InChI is InChI=1S/C69H107NO13/c1-3-5-7-9-11-13-14-15-16-17-18-19-20-21-22-23-24-25-26-27-28-29-30-31-32-33-34-35-36-37-38-39-40-41-42-43-44-45-47-49-51-53-61(74)70-57(58(73)52-50-48-46-12-10-8-6-4-2)56-80-68-66(79)64(77)67(60(55-72)82-68)83-69-65(78)63(76)62(75)59(54-71)81-69/h5,7,10-13,15-16,18-19,21-22,24-25,27-28,30-31,33-34,36-37,39-40,42-43,50,52,57-60,62-69,71-73,75-79H,3-4,6,8-9,14,17,20,23,26,29,32,35,38,41,44-49,51,53-56H2,1-2H3,(H,70,74)/b7-5-,12-10+,13-11-,16-15-,19-18-,22-21-,25-24-,28-27-,31-30-,34-33-,37-36-,40-39-,43-42-,52-50+. The van der Waals surface area contributed by atoms with Gasteiger partial charge in [-0.2, -0.15) is 0 Å². The Balaban J connectivity index is 1.61. The number of ether oxygens (including phenoxy) is 4. The number of allylic oxidation sites excluding steroid dienone is 27. The molecule has 14 nitrogen and oxygen atoms in total. The number of unbranched alkanes of at least 4 members (excludes halogenated alkanes) is 7. The molecule has 0 radical (unpaired) electrons. The van der Waals surface area contributed by atoms with Gasteiger partial charge in [0.05, 0.1) is 32.0 Å². The van der Waals surface area contributed by atoms with Crippen LogP contribution in [0.4, 0.5) is 0 Å². The van der Waals surface area contributed by atoms with Crippen LogP contribution in [-0.4, -0.2) is 140 Å². The number of aliphatic hydroxyl groups excluding tert-OH is 8. The molecule has 0 aromatic heterocycles. The molecule has 0 aliphatic carbocycles. The van der Waals surface area contributed by atoms with Gasteiger partial charge in [0.2, 0.25) is 5.91 Å². The molecular formula is C69H107NO13. The van der Waals surface area contributed by atoms with E-state index in [9.17, 15) is 45.6 Å². The van der Waals surface area contributed by atoms with Crippen molar-refractivity contribution in [1.82, 2.24) is 5.32 Å². The molecule has 0 aromatic rings. The molecule has 14 heteroatoms. The van der Waals surface area contributed by atoms with Gasteiger partial charge in [-0.3, -0.25) is 4.79 Å². The van der Waals surface area contributed by atoms with Crippen molar-refractivity contribution < 1.29 is 64.6 Å².